The predicted octanol–water partition coefficient (Wildman–Crippen LogP) is 3.51. The molecule has 0 saturated carbocycles. The van der Waals surface area contributed by atoms with Crippen molar-refractivity contribution in [1.82, 2.24) is 0 Å². The first kappa shape index (κ1) is 9.59. The second kappa shape index (κ2) is 4.05. The second-order valence-electron chi connectivity index (χ2n) is 3.10. The third-order valence-corrected chi connectivity index (χ3v) is 2.36. The fourth-order valence-electron chi connectivity index (χ4n) is 1.40. The Morgan fingerprint density at radius 3 is 3.00 bits per heavy atom. The van der Waals surface area contributed by atoms with Crippen LogP contribution in [-0.4, -0.2) is 11.9 Å². The summed E-state index contributed by atoms with van der Waals surface area (Å²) in [5.41, 5.74) is 2.05. The molecule has 2 rings (SSSR count). The van der Waals surface area contributed by atoms with E-state index in [1.165, 1.54) is 0 Å². The van der Waals surface area contributed by atoms with Gasteiger partial charge in [0, 0.05) is 16.8 Å². The average molecular weight is 255 g/mol. The fraction of sp³-hybridized carbons (Fsp3) is 0.273. The van der Waals surface area contributed by atoms with Crippen LogP contribution < -0.4 is 4.74 Å². The number of ether oxygens (including phenoxy) is 1. The molecule has 0 saturated heterocycles. The minimum atomic E-state index is 0.591. The van der Waals surface area contributed by atoms with Gasteiger partial charge in [-0.15, -0.1) is 0 Å². The number of hydrogen-bond acceptors (Lipinski definition) is 2. The van der Waals surface area contributed by atoms with Crippen LogP contribution in [0.25, 0.3) is 11.0 Å². The van der Waals surface area contributed by atoms with Crippen molar-refractivity contribution in [3.8, 4) is 5.95 Å². The van der Waals surface area contributed by atoms with Crippen LogP contribution in [0.1, 0.15) is 5.56 Å². The van der Waals surface area contributed by atoms with E-state index in [9.17, 15) is 0 Å². The molecule has 2 aromatic rings. The Morgan fingerprint density at radius 1 is 1.43 bits per heavy atom. The van der Waals surface area contributed by atoms with Crippen molar-refractivity contribution >= 4 is 26.9 Å². The van der Waals surface area contributed by atoms with Crippen molar-refractivity contribution in [3.63, 3.8) is 0 Å². The van der Waals surface area contributed by atoms with Gasteiger partial charge in [-0.1, -0.05) is 34.1 Å². The van der Waals surface area contributed by atoms with Crippen LogP contribution in [0.4, 0.5) is 0 Å². The highest BCUT2D eigenvalue weighted by molar-refractivity contribution is 9.09. The molecule has 0 aliphatic carbocycles. The van der Waals surface area contributed by atoms with E-state index in [1.54, 1.807) is 0 Å². The van der Waals surface area contributed by atoms with Gasteiger partial charge < -0.3 is 9.15 Å². The lowest BCUT2D eigenvalue weighted by atomic mass is 10.2. The van der Waals surface area contributed by atoms with Gasteiger partial charge in [0.1, 0.15) is 12.2 Å². The summed E-state index contributed by atoms with van der Waals surface area (Å²) in [4.78, 5) is 0. The number of halogens is 1. The maximum atomic E-state index is 5.56. The lowest BCUT2D eigenvalue weighted by molar-refractivity contribution is 0.268. The molecule has 0 N–H and O–H groups in total. The van der Waals surface area contributed by atoms with Crippen molar-refractivity contribution in [1.29, 1.82) is 0 Å². The van der Waals surface area contributed by atoms with E-state index in [2.05, 4.69) is 15.9 Å². The maximum absolute atomic E-state index is 5.56. The quantitative estimate of drug-likeness (QED) is 0.783. The van der Waals surface area contributed by atoms with Crippen LogP contribution in [0.2, 0.25) is 0 Å². The van der Waals surface area contributed by atoms with Crippen molar-refractivity contribution < 1.29 is 9.15 Å². The van der Waals surface area contributed by atoms with Gasteiger partial charge in [-0.05, 0) is 12.5 Å². The normalized spacial score (nSPS) is 10.7. The molecular formula is C11H11BrO2. The molecule has 1 heterocycles. The van der Waals surface area contributed by atoms with Crippen molar-refractivity contribution in [3.05, 3.63) is 29.8 Å². The number of benzene rings is 1. The van der Waals surface area contributed by atoms with E-state index in [0.717, 1.165) is 21.9 Å². The molecule has 1 aromatic carbocycles. The zero-order chi connectivity index (χ0) is 9.97. The lowest BCUT2D eigenvalue weighted by Crippen LogP contribution is -1.95. The molecule has 1 aromatic heterocycles. The first-order chi connectivity index (χ1) is 6.81. The third-order valence-electron chi connectivity index (χ3n) is 2.04. The number of rotatable bonds is 3. The van der Waals surface area contributed by atoms with Gasteiger partial charge in [-0.2, -0.15) is 0 Å². The number of alkyl halides is 1. The predicted molar refractivity (Wildman–Crippen MR) is 60.2 cm³/mol. The smallest absolute Gasteiger partial charge is 0.285 e. The Kier molecular flexibility index (Phi) is 2.77. The van der Waals surface area contributed by atoms with Crippen LogP contribution in [0.3, 0.4) is 0 Å². The molecule has 14 heavy (non-hydrogen) atoms. The van der Waals surface area contributed by atoms with Gasteiger partial charge >= 0.3 is 0 Å². The van der Waals surface area contributed by atoms with Crippen LogP contribution in [0, 0.1) is 6.92 Å². The Labute approximate surface area is 91.0 Å². The van der Waals surface area contributed by atoms with E-state index >= 15 is 0 Å². The topological polar surface area (TPSA) is 22.4 Å². The lowest BCUT2D eigenvalue weighted by Gasteiger charge is -1.96. The van der Waals surface area contributed by atoms with Crippen LogP contribution >= 0.6 is 15.9 Å². The fourth-order valence-corrected chi connectivity index (χ4v) is 1.56. The Hall–Kier alpha value is -0.960. The molecule has 2 nitrogen and oxygen atoms in total. The zero-order valence-electron chi connectivity index (χ0n) is 7.92. The second-order valence-corrected chi connectivity index (χ2v) is 3.89. The zero-order valence-corrected chi connectivity index (χ0v) is 9.50. The molecule has 0 aliphatic heterocycles. The molecule has 0 radical (unpaired) electrons. The number of furan rings is 1. The average Bonchev–Trinajstić information content (AvgIpc) is 2.59. The minimum Gasteiger partial charge on any atom is -0.464 e. The summed E-state index contributed by atoms with van der Waals surface area (Å²) in [6.45, 7) is 2.65. The van der Waals surface area contributed by atoms with Crippen molar-refractivity contribution in [2.75, 3.05) is 11.9 Å². The Balaban J connectivity index is 2.36. The van der Waals surface area contributed by atoms with Crippen LogP contribution in [0.15, 0.2) is 28.7 Å². The van der Waals surface area contributed by atoms with Gasteiger partial charge in [0.2, 0.25) is 0 Å². The Bertz CT molecular complexity index is 434. The maximum Gasteiger partial charge on any atom is 0.285 e. The molecule has 0 bridgehead atoms. The third kappa shape index (κ3) is 1.77. The highest BCUT2D eigenvalue weighted by atomic mass is 79.9. The standard InChI is InChI=1S/C11H11BrO2/c1-8-3-2-4-9-7-10(13-6-5-12)14-11(8)9/h2-4,7H,5-6H2,1H3. The molecule has 0 spiro atoms. The van der Waals surface area contributed by atoms with Crippen LogP contribution in [-0.2, 0) is 0 Å². The summed E-state index contributed by atoms with van der Waals surface area (Å²) in [5.74, 6) is 0.591. The first-order valence-electron chi connectivity index (χ1n) is 4.49. The van der Waals surface area contributed by atoms with E-state index in [0.29, 0.717) is 12.6 Å². The van der Waals surface area contributed by atoms with E-state index in [-0.39, 0.29) is 0 Å². The molecule has 0 amide bonds. The van der Waals surface area contributed by atoms with Crippen LogP contribution in [0.5, 0.6) is 5.95 Å². The van der Waals surface area contributed by atoms with Gasteiger partial charge in [0.25, 0.3) is 5.95 Å². The summed E-state index contributed by atoms with van der Waals surface area (Å²) in [7, 11) is 0. The molecule has 0 atom stereocenters. The summed E-state index contributed by atoms with van der Waals surface area (Å²) >= 11 is 3.30. The molecular weight excluding hydrogens is 244 g/mol. The summed E-state index contributed by atoms with van der Waals surface area (Å²) < 4.78 is 10.9. The van der Waals surface area contributed by atoms with Crippen molar-refractivity contribution in [2.24, 2.45) is 0 Å². The number of aryl methyl sites for hydroxylation is 1. The molecule has 0 fully saturated rings. The van der Waals surface area contributed by atoms with Gasteiger partial charge in [0.15, 0.2) is 0 Å². The number of para-hydroxylation sites is 1. The summed E-state index contributed by atoms with van der Waals surface area (Å²) in [5, 5.41) is 1.90. The largest absolute Gasteiger partial charge is 0.464 e. The molecule has 0 aliphatic rings. The monoisotopic (exact) mass is 254 g/mol. The van der Waals surface area contributed by atoms with E-state index in [1.807, 2.05) is 31.2 Å². The SMILES string of the molecule is Cc1cccc2cc(OCCBr)oc12. The van der Waals surface area contributed by atoms with Crippen molar-refractivity contribution in [2.45, 2.75) is 6.92 Å². The number of fused-ring (bicyclic) bond motifs is 1. The molecule has 0 unspecified atom stereocenters. The highest BCUT2D eigenvalue weighted by Crippen LogP contribution is 2.27. The minimum absolute atomic E-state index is 0.591. The summed E-state index contributed by atoms with van der Waals surface area (Å²) in [6, 6.07) is 7.99. The molecule has 3 heteroatoms. The van der Waals surface area contributed by atoms with Gasteiger partial charge in [0.05, 0.1) is 0 Å². The molecule has 74 valence electrons. The summed E-state index contributed by atoms with van der Waals surface area (Å²) in [6.07, 6.45) is 0. The highest BCUT2D eigenvalue weighted by Gasteiger charge is 2.05. The Morgan fingerprint density at radius 2 is 2.29 bits per heavy atom. The number of hydrogen-bond donors (Lipinski definition) is 0. The van der Waals surface area contributed by atoms with E-state index < -0.39 is 0 Å². The van der Waals surface area contributed by atoms with Gasteiger partial charge in [-0.25, -0.2) is 0 Å². The first-order valence-corrected chi connectivity index (χ1v) is 5.61. The van der Waals surface area contributed by atoms with E-state index in [4.69, 9.17) is 9.15 Å². The van der Waals surface area contributed by atoms with Gasteiger partial charge in [-0.3, -0.25) is 0 Å².